The zero-order chi connectivity index (χ0) is 45.3. The molecule has 5 unspecified atom stereocenters. The molecular weight excluding hydrogens is 805 g/mol. The first-order valence-electron chi connectivity index (χ1n) is 20.4. The van der Waals surface area contributed by atoms with Crippen molar-refractivity contribution in [3.8, 4) is 0 Å². The van der Waals surface area contributed by atoms with Gasteiger partial charge in [-0.1, -0.05) is 48.5 Å². The van der Waals surface area contributed by atoms with Gasteiger partial charge in [-0.05, 0) is 50.3 Å². The van der Waals surface area contributed by atoms with E-state index in [2.05, 4.69) is 42.2 Å². The van der Waals surface area contributed by atoms with Crippen LogP contribution in [0.5, 0.6) is 0 Å². The predicted molar refractivity (Wildman–Crippen MR) is 225 cm³/mol. The van der Waals surface area contributed by atoms with Crippen LogP contribution in [-0.2, 0) is 56.0 Å². The molecule has 11 N–H and O–H groups in total. The molecule has 2 heterocycles. The number of fused-ring (bicyclic) bond motifs is 1. The predicted octanol–water partition coefficient (Wildman–Crippen LogP) is -2.08. The molecule has 4 rings (SSSR count). The summed E-state index contributed by atoms with van der Waals surface area (Å²) in [5.41, 5.74) is 7.79. The highest BCUT2D eigenvalue weighted by Crippen LogP contribution is 2.19. The molecule has 0 radical (unpaired) electrons. The SMILES string of the molecule is CC(=O)NCC(=O)NC1CC(=O)NCCCCC(C(N)=O)NC(=O)[C@H](Cc2c[nH]c3ccccc23)NC(=O)C(C)NC(=O)C(Cc2ccccc2)NC(=O)CN(CC(C)O)C1=O. The van der Waals surface area contributed by atoms with Crippen LogP contribution in [-0.4, -0.2) is 131 Å². The third kappa shape index (κ3) is 15.0. The first-order valence-corrected chi connectivity index (χ1v) is 20.4. The number of aromatic amines is 1. The Morgan fingerprint density at radius 2 is 1.53 bits per heavy atom. The molecule has 334 valence electrons. The molecule has 6 atom stereocenters. The van der Waals surface area contributed by atoms with Gasteiger partial charge in [0.25, 0.3) is 0 Å². The fourth-order valence-corrected chi connectivity index (χ4v) is 6.82. The van der Waals surface area contributed by atoms with Crippen LogP contribution in [0.2, 0.25) is 0 Å². The number of carbonyl (C=O) groups is 9. The van der Waals surface area contributed by atoms with Gasteiger partial charge in [-0.25, -0.2) is 0 Å². The number of aliphatic hydroxyl groups is 1. The normalized spacial score (nSPS) is 22.3. The van der Waals surface area contributed by atoms with Crippen LogP contribution in [0, 0.1) is 0 Å². The van der Waals surface area contributed by atoms with E-state index in [0.717, 1.165) is 15.8 Å². The maximum Gasteiger partial charge on any atom is 0.246 e. The number of para-hydroxylation sites is 1. The molecule has 0 saturated carbocycles. The van der Waals surface area contributed by atoms with Crippen molar-refractivity contribution in [2.24, 2.45) is 5.73 Å². The van der Waals surface area contributed by atoms with E-state index in [-0.39, 0.29) is 32.2 Å². The molecule has 0 bridgehead atoms. The number of aliphatic hydroxyl groups excluding tert-OH is 1. The van der Waals surface area contributed by atoms with Gasteiger partial charge in [-0.2, -0.15) is 0 Å². The summed E-state index contributed by atoms with van der Waals surface area (Å²) in [6, 6.07) is 9.46. The van der Waals surface area contributed by atoms with Crippen molar-refractivity contribution in [2.45, 2.75) is 95.6 Å². The Morgan fingerprint density at radius 1 is 0.855 bits per heavy atom. The Balaban J connectivity index is 1.67. The lowest BCUT2D eigenvalue weighted by atomic mass is 10.0. The fraction of sp³-hybridized carbons (Fsp3) is 0.452. The van der Waals surface area contributed by atoms with E-state index in [0.29, 0.717) is 17.5 Å². The van der Waals surface area contributed by atoms with Crippen LogP contribution < -0.4 is 43.0 Å². The minimum Gasteiger partial charge on any atom is -0.392 e. The van der Waals surface area contributed by atoms with Gasteiger partial charge in [0.2, 0.25) is 53.2 Å². The molecule has 1 aromatic heterocycles. The Morgan fingerprint density at radius 3 is 2.23 bits per heavy atom. The summed E-state index contributed by atoms with van der Waals surface area (Å²) in [5, 5.41) is 29.1. The van der Waals surface area contributed by atoms with Crippen LogP contribution in [0.3, 0.4) is 0 Å². The maximum absolute atomic E-state index is 14.0. The fourth-order valence-electron chi connectivity index (χ4n) is 6.82. The average Bonchev–Trinajstić information content (AvgIpc) is 3.63. The molecule has 1 aliphatic heterocycles. The molecule has 1 aliphatic rings. The average molecular weight is 861 g/mol. The number of H-pyrrole nitrogens is 1. The summed E-state index contributed by atoms with van der Waals surface area (Å²) in [6.07, 6.45) is 0.509. The zero-order valence-corrected chi connectivity index (χ0v) is 35.0. The van der Waals surface area contributed by atoms with Crippen molar-refractivity contribution >= 4 is 64.1 Å². The molecule has 20 nitrogen and oxygen atoms in total. The van der Waals surface area contributed by atoms with Gasteiger partial charge in [-0.15, -0.1) is 0 Å². The summed E-state index contributed by atoms with van der Waals surface area (Å²) in [4.78, 5) is 123. The molecular formula is C42H56N10O10. The number of amides is 9. The summed E-state index contributed by atoms with van der Waals surface area (Å²) in [7, 11) is 0. The second-order valence-electron chi connectivity index (χ2n) is 15.3. The van der Waals surface area contributed by atoms with Gasteiger partial charge in [0.05, 0.1) is 25.6 Å². The van der Waals surface area contributed by atoms with Crippen molar-refractivity contribution in [2.75, 3.05) is 26.2 Å². The van der Waals surface area contributed by atoms with Gasteiger partial charge < -0.3 is 57.9 Å². The standard InChI is InChI=1S/C42H56N10O10/c1-24(53)22-52-23-37(57)48-32(17-27-11-5-4-6-12-27)40(60)47-25(2)39(59)51-33(18-28-20-46-30-14-8-7-13-29(28)30)41(61)50-31(38(43)58)15-9-10-16-44-35(55)19-34(42(52)62)49-36(56)21-45-26(3)54/h4-8,11-14,20,24-25,31-34,46,53H,9-10,15-19,21-23H2,1-3H3,(H2,43,58)(H,44,55)(H,45,54)(H,47,60)(H,48,57)(H,49,56)(H,50,61)(H,51,59)/t24?,25?,31?,32?,33-,34?/m0/s1. The van der Waals surface area contributed by atoms with E-state index in [1.54, 1.807) is 36.5 Å². The third-order valence-corrected chi connectivity index (χ3v) is 9.97. The first-order chi connectivity index (χ1) is 29.5. The van der Waals surface area contributed by atoms with Crippen molar-refractivity contribution in [3.05, 3.63) is 71.9 Å². The van der Waals surface area contributed by atoms with E-state index >= 15 is 0 Å². The van der Waals surface area contributed by atoms with Crippen LogP contribution in [0.4, 0.5) is 0 Å². The maximum atomic E-state index is 14.0. The largest absolute Gasteiger partial charge is 0.392 e. The summed E-state index contributed by atoms with van der Waals surface area (Å²) >= 11 is 0. The smallest absolute Gasteiger partial charge is 0.246 e. The molecule has 0 aliphatic carbocycles. The van der Waals surface area contributed by atoms with E-state index in [9.17, 15) is 48.3 Å². The van der Waals surface area contributed by atoms with Crippen LogP contribution in [0.1, 0.15) is 57.6 Å². The molecule has 62 heavy (non-hydrogen) atoms. The van der Waals surface area contributed by atoms with E-state index in [1.807, 2.05) is 24.3 Å². The topological polar surface area (TPSA) is 303 Å². The molecule has 20 heteroatoms. The first kappa shape index (κ1) is 47.8. The van der Waals surface area contributed by atoms with Crippen LogP contribution in [0.15, 0.2) is 60.8 Å². The van der Waals surface area contributed by atoms with E-state index in [4.69, 9.17) is 5.73 Å². The number of nitrogens with two attached hydrogens (primary N) is 1. The summed E-state index contributed by atoms with van der Waals surface area (Å²) in [5.74, 6) is -6.88. The molecule has 1 fully saturated rings. The van der Waals surface area contributed by atoms with Crippen LogP contribution >= 0.6 is 0 Å². The Bertz CT molecular complexity index is 2090. The zero-order valence-electron chi connectivity index (χ0n) is 35.0. The summed E-state index contributed by atoms with van der Waals surface area (Å²) < 4.78 is 0. The second kappa shape index (κ2) is 23.2. The second-order valence-corrected chi connectivity index (χ2v) is 15.3. The van der Waals surface area contributed by atoms with Gasteiger partial charge in [0, 0.05) is 50.0 Å². The monoisotopic (exact) mass is 860 g/mol. The summed E-state index contributed by atoms with van der Waals surface area (Å²) in [6.45, 7) is 2.34. The number of aromatic nitrogens is 1. The lowest BCUT2D eigenvalue weighted by Gasteiger charge is -2.29. The van der Waals surface area contributed by atoms with Crippen molar-refractivity contribution in [1.29, 1.82) is 0 Å². The Hall–Kier alpha value is -6.83. The van der Waals surface area contributed by atoms with E-state index in [1.165, 1.54) is 20.8 Å². The number of nitrogens with one attached hydrogen (secondary N) is 8. The van der Waals surface area contributed by atoms with Crippen molar-refractivity contribution in [3.63, 3.8) is 0 Å². The number of primary amides is 1. The highest BCUT2D eigenvalue weighted by molar-refractivity contribution is 5.98. The van der Waals surface area contributed by atoms with Gasteiger partial charge in [0.15, 0.2) is 0 Å². The number of hydrogen-bond acceptors (Lipinski definition) is 10. The lowest BCUT2D eigenvalue weighted by Crippen LogP contribution is -2.59. The van der Waals surface area contributed by atoms with Crippen LogP contribution in [0.25, 0.3) is 10.9 Å². The molecule has 0 spiro atoms. The third-order valence-electron chi connectivity index (χ3n) is 9.97. The van der Waals surface area contributed by atoms with Crippen molar-refractivity contribution in [1.82, 2.24) is 47.1 Å². The highest BCUT2D eigenvalue weighted by Gasteiger charge is 2.33. The van der Waals surface area contributed by atoms with E-state index < -0.39 is 116 Å². The Labute approximate surface area is 358 Å². The highest BCUT2D eigenvalue weighted by atomic mass is 16.3. The number of rotatable bonds is 10. The minimum absolute atomic E-state index is 0.0111. The van der Waals surface area contributed by atoms with Gasteiger partial charge in [0.1, 0.15) is 30.2 Å². The van der Waals surface area contributed by atoms with Gasteiger partial charge in [-0.3, -0.25) is 43.2 Å². The minimum atomic E-state index is -1.56. The lowest BCUT2D eigenvalue weighted by molar-refractivity contribution is -0.142. The van der Waals surface area contributed by atoms with Crippen molar-refractivity contribution < 1.29 is 48.3 Å². The number of nitrogens with zero attached hydrogens (tertiary/aromatic N) is 1. The molecule has 1 saturated heterocycles. The number of hydrogen-bond donors (Lipinski definition) is 10. The molecule has 2 aromatic carbocycles. The number of β-amino-alcohol motifs (C(OH)–C–C–N with tert-alkyl or cyclic N) is 1. The number of carbonyl (C=O) groups excluding carboxylic acids is 9. The van der Waals surface area contributed by atoms with Gasteiger partial charge >= 0.3 is 0 Å². The Kier molecular flexibility index (Phi) is 17.9. The number of benzene rings is 2. The molecule has 9 amide bonds. The molecule has 3 aromatic rings. The quantitative estimate of drug-likeness (QED) is 0.106.